The highest BCUT2D eigenvalue weighted by atomic mass is 35.5. The van der Waals surface area contributed by atoms with E-state index >= 15 is 0 Å². The zero-order valence-corrected chi connectivity index (χ0v) is 13.5. The Bertz CT molecular complexity index is 691. The van der Waals surface area contributed by atoms with Crippen molar-refractivity contribution in [2.45, 2.75) is 11.3 Å². The summed E-state index contributed by atoms with van der Waals surface area (Å²) in [4.78, 5) is 13.1. The number of phenolic OH excluding ortho intramolecular Hbond substituents is 2. The Morgan fingerprint density at radius 1 is 1.18 bits per heavy atom. The molecule has 0 aliphatic heterocycles. The summed E-state index contributed by atoms with van der Waals surface area (Å²) in [5.74, 6) is -0.558. The molecule has 0 aliphatic carbocycles. The third kappa shape index (κ3) is 4.08. The molecule has 0 fully saturated rings. The van der Waals surface area contributed by atoms with Gasteiger partial charge in [-0.2, -0.15) is 0 Å². The van der Waals surface area contributed by atoms with Crippen molar-refractivity contribution in [3.63, 3.8) is 0 Å². The summed E-state index contributed by atoms with van der Waals surface area (Å²) in [5.41, 5.74) is 1.27. The van der Waals surface area contributed by atoms with Crippen LogP contribution in [0.4, 0.5) is 0 Å². The molecule has 0 saturated carbocycles. The first-order valence-corrected chi connectivity index (χ1v) is 8.24. The second kappa shape index (κ2) is 7.42. The van der Waals surface area contributed by atoms with Gasteiger partial charge < -0.3 is 15.5 Å². The maximum atomic E-state index is 12.2. The van der Waals surface area contributed by atoms with Crippen LogP contribution >= 0.6 is 23.4 Å². The molecule has 0 unspecified atom stereocenters. The fourth-order valence-electron chi connectivity index (χ4n) is 1.95. The Morgan fingerprint density at radius 3 is 2.64 bits per heavy atom. The van der Waals surface area contributed by atoms with E-state index in [1.54, 1.807) is 30.0 Å². The molecule has 116 valence electrons. The molecule has 0 aromatic heterocycles. The summed E-state index contributed by atoms with van der Waals surface area (Å²) in [7, 11) is 0. The van der Waals surface area contributed by atoms with Crippen molar-refractivity contribution in [3.8, 4) is 11.5 Å². The van der Waals surface area contributed by atoms with Crippen LogP contribution in [0.3, 0.4) is 0 Å². The first-order valence-electron chi connectivity index (χ1n) is 6.64. The Labute approximate surface area is 138 Å². The molecule has 3 N–H and O–H groups in total. The van der Waals surface area contributed by atoms with Gasteiger partial charge in [0.05, 0.1) is 10.6 Å². The van der Waals surface area contributed by atoms with Crippen LogP contribution in [0.15, 0.2) is 41.3 Å². The van der Waals surface area contributed by atoms with Crippen molar-refractivity contribution < 1.29 is 15.0 Å². The Morgan fingerprint density at radius 2 is 1.95 bits per heavy atom. The quantitative estimate of drug-likeness (QED) is 0.577. The van der Waals surface area contributed by atoms with Gasteiger partial charge in [0.25, 0.3) is 5.91 Å². The largest absolute Gasteiger partial charge is 0.504 e. The second-order valence-corrected chi connectivity index (χ2v) is 5.96. The predicted molar refractivity (Wildman–Crippen MR) is 89.0 cm³/mol. The summed E-state index contributed by atoms with van der Waals surface area (Å²) in [6.07, 6.45) is 2.47. The van der Waals surface area contributed by atoms with Crippen molar-refractivity contribution in [2.75, 3.05) is 12.8 Å². The number of nitrogens with one attached hydrogen (secondary N) is 1. The zero-order valence-electron chi connectivity index (χ0n) is 12.0. The number of rotatable bonds is 5. The van der Waals surface area contributed by atoms with E-state index in [4.69, 9.17) is 11.6 Å². The van der Waals surface area contributed by atoms with Crippen LogP contribution in [0.2, 0.25) is 5.02 Å². The molecule has 2 aromatic rings. The predicted octanol–water partition coefficient (Wildman–Crippen LogP) is 3.45. The van der Waals surface area contributed by atoms with E-state index in [9.17, 15) is 15.0 Å². The van der Waals surface area contributed by atoms with E-state index in [2.05, 4.69) is 5.32 Å². The van der Waals surface area contributed by atoms with Crippen LogP contribution in [-0.2, 0) is 6.42 Å². The van der Waals surface area contributed by atoms with Crippen LogP contribution in [0.5, 0.6) is 11.5 Å². The number of hydrogen-bond donors (Lipinski definition) is 3. The van der Waals surface area contributed by atoms with Crippen LogP contribution in [0, 0.1) is 0 Å². The minimum Gasteiger partial charge on any atom is -0.504 e. The molecule has 1 amide bonds. The number of phenols is 2. The molecule has 0 bridgehead atoms. The second-order valence-electron chi connectivity index (χ2n) is 4.67. The van der Waals surface area contributed by atoms with Crippen molar-refractivity contribution in [1.82, 2.24) is 5.32 Å². The highest BCUT2D eigenvalue weighted by Gasteiger charge is 2.11. The summed E-state index contributed by atoms with van der Waals surface area (Å²) in [6.45, 7) is 0.406. The van der Waals surface area contributed by atoms with Gasteiger partial charge in [0.2, 0.25) is 0 Å². The minimum absolute atomic E-state index is 0.159. The lowest BCUT2D eigenvalue weighted by atomic mass is 10.1. The molecular formula is C16H16ClNO3S. The lowest BCUT2D eigenvalue weighted by Crippen LogP contribution is -2.26. The summed E-state index contributed by atoms with van der Waals surface area (Å²) < 4.78 is 0. The molecule has 6 heteroatoms. The van der Waals surface area contributed by atoms with E-state index in [0.717, 1.165) is 10.5 Å². The highest BCUT2D eigenvalue weighted by Crippen LogP contribution is 2.25. The summed E-state index contributed by atoms with van der Waals surface area (Å²) in [6, 6.07) is 9.93. The van der Waals surface area contributed by atoms with E-state index in [0.29, 0.717) is 23.6 Å². The standard InChI is InChI=1S/C16H16ClNO3S/c1-22-11-3-4-13(17)12(9-11)16(21)18-7-6-10-2-5-14(19)15(20)8-10/h2-5,8-9,19-20H,6-7H2,1H3,(H,18,21). The number of hydrogen-bond acceptors (Lipinski definition) is 4. The molecule has 2 rings (SSSR count). The molecule has 0 spiro atoms. The van der Waals surface area contributed by atoms with E-state index in [1.165, 1.54) is 12.1 Å². The topological polar surface area (TPSA) is 69.6 Å². The molecule has 0 heterocycles. The average Bonchev–Trinajstić information content (AvgIpc) is 2.51. The van der Waals surface area contributed by atoms with Gasteiger partial charge in [-0.15, -0.1) is 11.8 Å². The van der Waals surface area contributed by atoms with Gasteiger partial charge in [0.1, 0.15) is 0 Å². The molecule has 4 nitrogen and oxygen atoms in total. The first kappa shape index (κ1) is 16.5. The lowest BCUT2D eigenvalue weighted by molar-refractivity contribution is 0.0954. The number of halogens is 1. The van der Waals surface area contributed by atoms with Crippen molar-refractivity contribution >= 4 is 29.3 Å². The van der Waals surface area contributed by atoms with Crippen LogP contribution in [0.1, 0.15) is 15.9 Å². The zero-order chi connectivity index (χ0) is 16.1. The number of carbonyl (C=O) groups is 1. The van der Waals surface area contributed by atoms with Gasteiger partial charge in [-0.1, -0.05) is 17.7 Å². The lowest BCUT2D eigenvalue weighted by Gasteiger charge is -2.08. The van der Waals surface area contributed by atoms with Gasteiger partial charge >= 0.3 is 0 Å². The number of carbonyl (C=O) groups excluding carboxylic acids is 1. The van der Waals surface area contributed by atoms with Crippen molar-refractivity contribution in [2.24, 2.45) is 0 Å². The van der Waals surface area contributed by atoms with Crippen LogP contribution in [-0.4, -0.2) is 28.9 Å². The molecule has 2 aromatic carbocycles. The average molecular weight is 338 g/mol. The van der Waals surface area contributed by atoms with E-state index < -0.39 is 0 Å². The minimum atomic E-state index is -0.232. The number of thioether (sulfide) groups is 1. The number of benzene rings is 2. The number of amides is 1. The maximum Gasteiger partial charge on any atom is 0.252 e. The Balaban J connectivity index is 1.96. The molecule has 0 radical (unpaired) electrons. The van der Waals surface area contributed by atoms with Gasteiger partial charge in [-0.25, -0.2) is 0 Å². The van der Waals surface area contributed by atoms with E-state index in [-0.39, 0.29) is 17.4 Å². The third-order valence-corrected chi connectivity index (χ3v) is 4.21. The first-order chi connectivity index (χ1) is 10.5. The third-order valence-electron chi connectivity index (χ3n) is 3.16. The molecule has 0 saturated heterocycles. The molecule has 22 heavy (non-hydrogen) atoms. The van der Waals surface area contributed by atoms with Crippen molar-refractivity contribution in [1.29, 1.82) is 0 Å². The smallest absolute Gasteiger partial charge is 0.252 e. The Kier molecular flexibility index (Phi) is 5.57. The molecular weight excluding hydrogens is 322 g/mol. The summed E-state index contributed by atoms with van der Waals surface area (Å²) >= 11 is 7.59. The van der Waals surface area contributed by atoms with E-state index in [1.807, 2.05) is 12.3 Å². The fourth-order valence-corrected chi connectivity index (χ4v) is 2.59. The highest BCUT2D eigenvalue weighted by molar-refractivity contribution is 7.98. The maximum absolute atomic E-state index is 12.2. The SMILES string of the molecule is CSc1ccc(Cl)c(C(=O)NCCc2ccc(O)c(O)c2)c1. The van der Waals surface area contributed by atoms with Gasteiger partial charge in [0.15, 0.2) is 11.5 Å². The molecule has 0 aliphatic rings. The Hall–Kier alpha value is -1.85. The number of aromatic hydroxyl groups is 2. The van der Waals surface area contributed by atoms with Crippen LogP contribution < -0.4 is 5.32 Å². The van der Waals surface area contributed by atoms with Crippen molar-refractivity contribution in [3.05, 3.63) is 52.5 Å². The van der Waals surface area contributed by atoms with Crippen LogP contribution in [0.25, 0.3) is 0 Å². The summed E-state index contributed by atoms with van der Waals surface area (Å²) in [5, 5.41) is 21.9. The van der Waals surface area contributed by atoms with Gasteiger partial charge in [0, 0.05) is 11.4 Å². The van der Waals surface area contributed by atoms with Gasteiger partial charge in [-0.05, 0) is 48.6 Å². The normalized spacial score (nSPS) is 10.5. The monoisotopic (exact) mass is 337 g/mol. The molecule has 0 atom stereocenters. The van der Waals surface area contributed by atoms with Gasteiger partial charge in [-0.3, -0.25) is 4.79 Å². The fraction of sp³-hybridized carbons (Fsp3) is 0.188.